The van der Waals surface area contributed by atoms with Crippen molar-refractivity contribution in [1.82, 2.24) is 4.37 Å². The maximum Gasteiger partial charge on any atom is 0.164 e. The molecular weight excluding hydrogens is 319 g/mol. The summed E-state index contributed by atoms with van der Waals surface area (Å²) in [5, 5.41) is 3.76. The van der Waals surface area contributed by atoms with E-state index in [1.165, 1.54) is 24.5 Å². The summed E-state index contributed by atoms with van der Waals surface area (Å²) in [4.78, 5) is 11.5. The van der Waals surface area contributed by atoms with Crippen molar-refractivity contribution >= 4 is 43.9 Å². The maximum atomic E-state index is 13.1. The molecule has 0 spiro atoms. The highest BCUT2D eigenvalue weighted by atomic mass is 79.9. The van der Waals surface area contributed by atoms with E-state index in [9.17, 15) is 9.18 Å². The molecule has 0 aliphatic carbocycles. The number of hydrogen-bond acceptors (Lipinski definition) is 4. The molecule has 0 aliphatic rings. The second-order valence-electron chi connectivity index (χ2n) is 3.78. The molecule has 0 saturated carbocycles. The van der Waals surface area contributed by atoms with Gasteiger partial charge in [-0.1, -0.05) is 0 Å². The Labute approximate surface area is 116 Å². The normalized spacial score (nSPS) is 10.4. The molecule has 2 rings (SSSR count). The van der Waals surface area contributed by atoms with E-state index < -0.39 is 0 Å². The number of nitrogens with one attached hydrogen (secondary N) is 1. The number of carbonyl (C=O) groups excluding carboxylic acids is 1. The summed E-state index contributed by atoms with van der Waals surface area (Å²) in [6.07, 6.45) is 0. The number of aryl methyl sites for hydroxylation is 1. The predicted molar refractivity (Wildman–Crippen MR) is 74.2 cm³/mol. The standard InChI is InChI=1S/C12H10BrFN2OS/c1-6-11(7(2)17)12(18-16-6)15-8-3-4-10(14)9(13)5-8/h3-5,15H,1-2H3. The Morgan fingerprint density at radius 1 is 1.50 bits per heavy atom. The number of ketones is 1. The molecule has 6 heteroatoms. The number of Topliss-reactive ketones (excluding diaryl/α,β-unsaturated/α-hetero) is 1. The molecule has 0 unspecified atom stereocenters. The van der Waals surface area contributed by atoms with Crippen LogP contribution in [0.1, 0.15) is 23.0 Å². The third-order valence-corrected chi connectivity index (χ3v) is 3.85. The number of carbonyl (C=O) groups is 1. The van der Waals surface area contributed by atoms with Crippen LogP contribution in [0.3, 0.4) is 0 Å². The molecule has 2 aromatic rings. The number of rotatable bonds is 3. The molecule has 18 heavy (non-hydrogen) atoms. The lowest BCUT2D eigenvalue weighted by Gasteiger charge is -2.06. The van der Waals surface area contributed by atoms with Gasteiger partial charge in [-0.3, -0.25) is 4.79 Å². The smallest absolute Gasteiger partial charge is 0.164 e. The van der Waals surface area contributed by atoms with Crippen LogP contribution in [0, 0.1) is 12.7 Å². The first kappa shape index (κ1) is 13.2. The highest BCUT2D eigenvalue weighted by Crippen LogP contribution is 2.30. The first-order valence-corrected chi connectivity index (χ1v) is 6.75. The fourth-order valence-corrected chi connectivity index (χ4v) is 2.82. The van der Waals surface area contributed by atoms with E-state index in [1.807, 2.05) is 0 Å². The minimum absolute atomic E-state index is 0.0371. The highest BCUT2D eigenvalue weighted by Gasteiger charge is 2.15. The van der Waals surface area contributed by atoms with Gasteiger partial charge in [0.25, 0.3) is 0 Å². The summed E-state index contributed by atoms with van der Waals surface area (Å²) in [7, 11) is 0. The van der Waals surface area contributed by atoms with Crippen LogP contribution in [0.4, 0.5) is 15.1 Å². The van der Waals surface area contributed by atoms with Gasteiger partial charge in [0.1, 0.15) is 10.8 Å². The number of anilines is 2. The number of nitrogens with zero attached hydrogens (tertiary/aromatic N) is 1. The Bertz CT molecular complexity index is 612. The van der Waals surface area contributed by atoms with E-state index in [0.29, 0.717) is 26.4 Å². The number of aromatic nitrogens is 1. The van der Waals surface area contributed by atoms with Gasteiger partial charge in [-0.15, -0.1) is 0 Å². The molecule has 0 bridgehead atoms. The van der Waals surface area contributed by atoms with Crippen LogP contribution >= 0.6 is 27.5 Å². The summed E-state index contributed by atoms with van der Waals surface area (Å²) in [6.45, 7) is 3.29. The van der Waals surface area contributed by atoms with E-state index in [-0.39, 0.29) is 11.6 Å². The summed E-state index contributed by atoms with van der Waals surface area (Å²) in [5.74, 6) is -0.363. The fourth-order valence-electron chi connectivity index (χ4n) is 1.57. The zero-order chi connectivity index (χ0) is 13.3. The molecule has 0 fully saturated rings. The van der Waals surface area contributed by atoms with Crippen molar-refractivity contribution in [3.05, 3.63) is 39.7 Å². The van der Waals surface area contributed by atoms with Crippen molar-refractivity contribution in [2.24, 2.45) is 0 Å². The molecule has 1 heterocycles. The van der Waals surface area contributed by atoms with Gasteiger partial charge in [0.15, 0.2) is 5.78 Å². The zero-order valence-corrected chi connectivity index (χ0v) is 12.2. The Morgan fingerprint density at radius 2 is 2.22 bits per heavy atom. The Morgan fingerprint density at radius 3 is 2.83 bits per heavy atom. The summed E-state index contributed by atoms with van der Waals surface area (Å²) >= 11 is 4.34. The minimum Gasteiger partial charge on any atom is -0.345 e. The molecule has 1 aromatic carbocycles. The number of hydrogen-bond donors (Lipinski definition) is 1. The molecule has 0 radical (unpaired) electrons. The molecule has 0 amide bonds. The van der Waals surface area contributed by atoms with Gasteiger partial charge in [-0.2, -0.15) is 4.37 Å². The Kier molecular flexibility index (Phi) is 3.77. The van der Waals surface area contributed by atoms with Crippen LogP contribution in [0.2, 0.25) is 0 Å². The lowest BCUT2D eigenvalue weighted by Crippen LogP contribution is -1.98. The predicted octanol–water partition coefficient (Wildman–Crippen LogP) is 4.30. The molecule has 3 nitrogen and oxygen atoms in total. The van der Waals surface area contributed by atoms with Gasteiger partial charge in [0.05, 0.1) is 15.7 Å². The molecular formula is C12H10BrFN2OS. The Balaban J connectivity index is 2.34. The third-order valence-electron chi connectivity index (χ3n) is 2.39. The van der Waals surface area contributed by atoms with E-state index in [1.54, 1.807) is 19.1 Å². The van der Waals surface area contributed by atoms with E-state index in [0.717, 1.165) is 0 Å². The fraction of sp³-hybridized carbons (Fsp3) is 0.167. The molecule has 1 aromatic heterocycles. The lowest BCUT2D eigenvalue weighted by atomic mass is 10.2. The quantitative estimate of drug-likeness (QED) is 0.854. The highest BCUT2D eigenvalue weighted by molar-refractivity contribution is 9.10. The topological polar surface area (TPSA) is 42.0 Å². The first-order chi connectivity index (χ1) is 8.49. The first-order valence-electron chi connectivity index (χ1n) is 5.18. The van der Waals surface area contributed by atoms with Crippen LogP contribution in [-0.4, -0.2) is 10.2 Å². The van der Waals surface area contributed by atoms with E-state index >= 15 is 0 Å². The average Bonchev–Trinajstić information content (AvgIpc) is 2.65. The van der Waals surface area contributed by atoms with Crippen LogP contribution < -0.4 is 5.32 Å². The third kappa shape index (κ3) is 2.59. The largest absolute Gasteiger partial charge is 0.345 e. The van der Waals surface area contributed by atoms with Crippen molar-refractivity contribution in [3.8, 4) is 0 Å². The summed E-state index contributed by atoms with van der Waals surface area (Å²) < 4.78 is 17.6. The van der Waals surface area contributed by atoms with Crippen molar-refractivity contribution in [2.75, 3.05) is 5.32 Å². The van der Waals surface area contributed by atoms with Crippen molar-refractivity contribution in [3.63, 3.8) is 0 Å². The molecule has 0 atom stereocenters. The van der Waals surface area contributed by atoms with Crippen molar-refractivity contribution in [1.29, 1.82) is 0 Å². The van der Waals surface area contributed by atoms with E-state index in [4.69, 9.17) is 0 Å². The second-order valence-corrected chi connectivity index (χ2v) is 5.41. The van der Waals surface area contributed by atoms with E-state index in [2.05, 4.69) is 25.6 Å². The second kappa shape index (κ2) is 5.16. The van der Waals surface area contributed by atoms with Crippen LogP contribution in [0.15, 0.2) is 22.7 Å². The summed E-state index contributed by atoms with van der Waals surface area (Å²) in [5.41, 5.74) is 1.99. The number of halogens is 2. The Hall–Kier alpha value is -1.27. The lowest BCUT2D eigenvalue weighted by molar-refractivity contribution is 0.101. The van der Waals surface area contributed by atoms with Gasteiger partial charge in [0.2, 0.25) is 0 Å². The monoisotopic (exact) mass is 328 g/mol. The molecule has 1 N–H and O–H groups in total. The van der Waals surface area contributed by atoms with Crippen LogP contribution in [0.5, 0.6) is 0 Å². The molecule has 0 saturated heterocycles. The zero-order valence-electron chi connectivity index (χ0n) is 9.75. The maximum absolute atomic E-state index is 13.1. The van der Waals surface area contributed by atoms with Gasteiger partial charge in [0, 0.05) is 5.69 Å². The van der Waals surface area contributed by atoms with Gasteiger partial charge in [-0.25, -0.2) is 4.39 Å². The van der Waals surface area contributed by atoms with Crippen molar-refractivity contribution < 1.29 is 9.18 Å². The van der Waals surface area contributed by atoms with Gasteiger partial charge in [-0.05, 0) is 59.5 Å². The number of benzene rings is 1. The molecule has 0 aliphatic heterocycles. The SMILES string of the molecule is CC(=O)c1c(C)nsc1Nc1ccc(F)c(Br)c1. The average molecular weight is 329 g/mol. The summed E-state index contributed by atoms with van der Waals surface area (Å²) in [6, 6.07) is 4.58. The van der Waals surface area contributed by atoms with Crippen LogP contribution in [-0.2, 0) is 0 Å². The van der Waals surface area contributed by atoms with Gasteiger partial charge >= 0.3 is 0 Å². The van der Waals surface area contributed by atoms with Crippen LogP contribution in [0.25, 0.3) is 0 Å². The van der Waals surface area contributed by atoms with Gasteiger partial charge < -0.3 is 5.32 Å². The van der Waals surface area contributed by atoms with Crippen molar-refractivity contribution in [2.45, 2.75) is 13.8 Å². The minimum atomic E-state index is -0.326. The molecule has 94 valence electrons.